The zero-order chi connectivity index (χ0) is 24.5. The van der Waals surface area contributed by atoms with Crippen LogP contribution in [0.4, 0.5) is 29.9 Å². The van der Waals surface area contributed by atoms with Crippen LogP contribution in [0.1, 0.15) is 25.7 Å². The van der Waals surface area contributed by atoms with Crippen LogP contribution in [0, 0.1) is 0 Å². The summed E-state index contributed by atoms with van der Waals surface area (Å²) in [5, 5.41) is 4.89. The summed E-state index contributed by atoms with van der Waals surface area (Å²) >= 11 is 0. The molecule has 1 saturated carbocycles. The van der Waals surface area contributed by atoms with Gasteiger partial charge in [-0.05, 0) is 49.9 Å². The molecule has 0 radical (unpaired) electrons. The van der Waals surface area contributed by atoms with Gasteiger partial charge in [0.2, 0.25) is 0 Å². The summed E-state index contributed by atoms with van der Waals surface area (Å²) in [5.74, 6) is -0.158. The first-order chi connectivity index (χ1) is 15.9. The minimum atomic E-state index is -9.95. The summed E-state index contributed by atoms with van der Waals surface area (Å²) in [6.07, 6.45) is 4.80. The van der Waals surface area contributed by atoms with Crippen molar-refractivity contribution >= 4 is 21.9 Å². The lowest BCUT2D eigenvalue weighted by Crippen LogP contribution is -2.42. The summed E-state index contributed by atoms with van der Waals surface area (Å²) in [6, 6.07) is 2.03. The highest BCUT2D eigenvalue weighted by Crippen LogP contribution is 3.02. The van der Waals surface area contributed by atoms with Crippen molar-refractivity contribution in [1.82, 2.24) is 15.3 Å². The number of benzene rings is 1. The zero-order valence-electron chi connectivity index (χ0n) is 17.8. The van der Waals surface area contributed by atoms with E-state index in [0.717, 1.165) is 6.07 Å². The highest BCUT2D eigenvalue weighted by molar-refractivity contribution is 8.45. The van der Waals surface area contributed by atoms with Gasteiger partial charge in [0.25, 0.3) is 0 Å². The smallest absolute Gasteiger partial charge is 0.319 e. The van der Waals surface area contributed by atoms with Crippen LogP contribution < -0.4 is 20.1 Å². The number of anilines is 1. The van der Waals surface area contributed by atoms with Gasteiger partial charge in [0, 0.05) is 18.4 Å². The lowest BCUT2D eigenvalue weighted by atomic mass is 9.93. The van der Waals surface area contributed by atoms with E-state index >= 15 is 0 Å². The number of aromatic nitrogens is 2. The van der Waals surface area contributed by atoms with Crippen molar-refractivity contribution in [3.05, 3.63) is 36.7 Å². The second-order valence-corrected chi connectivity index (χ2v) is 10.5. The summed E-state index contributed by atoms with van der Waals surface area (Å²) in [5.41, 5.74) is -0.506. The minimum absolute atomic E-state index is 0.137. The average molecular weight is 510 g/mol. The number of hydrogen-bond donors (Lipinski definition) is 2. The van der Waals surface area contributed by atoms with Crippen LogP contribution in [-0.4, -0.2) is 47.5 Å². The van der Waals surface area contributed by atoms with E-state index in [9.17, 15) is 24.2 Å². The van der Waals surface area contributed by atoms with Crippen LogP contribution in [0.5, 0.6) is 11.8 Å². The SMILES string of the molecule is O=C(Nc1cc(S(F)(F)(F)(F)F)ccc1OC1COC1)N[C@H]1CC[C@H](Oc2ncccn2)CC1. The van der Waals surface area contributed by atoms with E-state index in [0.29, 0.717) is 25.7 Å². The Kier molecular flexibility index (Phi) is 6.00. The molecule has 2 N–H and O–H groups in total. The number of hydrogen-bond acceptors (Lipinski definition) is 6. The molecule has 1 aliphatic heterocycles. The van der Waals surface area contributed by atoms with Gasteiger partial charge in [-0.15, -0.1) is 0 Å². The Morgan fingerprint density at radius 2 is 1.65 bits per heavy atom. The fourth-order valence-electron chi connectivity index (χ4n) is 3.58. The van der Waals surface area contributed by atoms with E-state index < -0.39 is 32.9 Å². The predicted octanol–water partition coefficient (Wildman–Crippen LogP) is 5.42. The molecule has 0 unspecified atom stereocenters. The molecule has 2 fully saturated rings. The van der Waals surface area contributed by atoms with Gasteiger partial charge in [-0.1, -0.05) is 19.4 Å². The van der Waals surface area contributed by atoms with Crippen LogP contribution in [0.15, 0.2) is 41.6 Å². The molecule has 2 aromatic rings. The van der Waals surface area contributed by atoms with Crippen molar-refractivity contribution in [3.63, 3.8) is 0 Å². The quantitative estimate of drug-likeness (QED) is 0.483. The number of ether oxygens (including phenoxy) is 3. The van der Waals surface area contributed by atoms with Crippen molar-refractivity contribution in [3.8, 4) is 11.8 Å². The molecule has 2 aliphatic rings. The molecular formula is C20H23F5N4O4S. The van der Waals surface area contributed by atoms with Crippen LogP contribution in [0.3, 0.4) is 0 Å². The van der Waals surface area contributed by atoms with Crippen molar-refractivity contribution in [2.75, 3.05) is 18.5 Å². The number of amides is 2. The first kappa shape index (κ1) is 24.3. The molecule has 34 heavy (non-hydrogen) atoms. The summed E-state index contributed by atoms with van der Waals surface area (Å²) in [7, 11) is -9.95. The maximum absolute atomic E-state index is 13.3. The molecule has 2 heterocycles. The largest absolute Gasteiger partial charge is 0.483 e. The number of urea groups is 1. The molecule has 1 aromatic carbocycles. The predicted molar refractivity (Wildman–Crippen MR) is 114 cm³/mol. The maximum atomic E-state index is 13.3. The normalized spacial score (nSPS) is 23.1. The summed E-state index contributed by atoms with van der Waals surface area (Å²) in [4.78, 5) is 18.4. The fourth-order valence-corrected chi connectivity index (χ4v) is 4.24. The van der Waals surface area contributed by atoms with E-state index in [-0.39, 0.29) is 49.3 Å². The Morgan fingerprint density at radius 3 is 2.24 bits per heavy atom. The van der Waals surface area contributed by atoms with Gasteiger partial charge < -0.3 is 24.8 Å². The molecule has 188 valence electrons. The average Bonchev–Trinajstić information content (AvgIpc) is 2.72. The molecule has 4 rings (SSSR count). The lowest BCUT2D eigenvalue weighted by Gasteiger charge is -2.41. The topological polar surface area (TPSA) is 94.6 Å². The fraction of sp³-hybridized carbons (Fsp3) is 0.450. The highest BCUT2D eigenvalue weighted by atomic mass is 32.5. The van der Waals surface area contributed by atoms with Gasteiger partial charge in [0.15, 0.2) is 0 Å². The van der Waals surface area contributed by atoms with Gasteiger partial charge in [-0.3, -0.25) is 0 Å². The van der Waals surface area contributed by atoms with Crippen molar-refractivity contribution < 1.29 is 38.4 Å². The van der Waals surface area contributed by atoms with Crippen molar-refractivity contribution in [2.45, 2.75) is 48.8 Å². The Morgan fingerprint density at radius 1 is 0.971 bits per heavy atom. The highest BCUT2D eigenvalue weighted by Gasteiger charge is 2.65. The number of rotatable bonds is 7. The molecule has 0 spiro atoms. The van der Waals surface area contributed by atoms with Crippen LogP contribution in [0.25, 0.3) is 0 Å². The number of halogens is 5. The van der Waals surface area contributed by atoms with Crippen LogP contribution in [-0.2, 0) is 4.74 Å². The third kappa shape index (κ3) is 6.38. The molecule has 8 nitrogen and oxygen atoms in total. The molecule has 14 heteroatoms. The Hall–Kier alpha value is -2.87. The molecule has 0 bridgehead atoms. The van der Waals surface area contributed by atoms with E-state index in [4.69, 9.17) is 14.2 Å². The molecule has 1 aliphatic carbocycles. The van der Waals surface area contributed by atoms with Gasteiger partial charge in [-0.25, -0.2) is 14.8 Å². The van der Waals surface area contributed by atoms with Gasteiger partial charge >= 0.3 is 22.3 Å². The molecular weight excluding hydrogens is 487 g/mol. The Balaban J connectivity index is 1.38. The maximum Gasteiger partial charge on any atom is 0.319 e. The summed E-state index contributed by atoms with van der Waals surface area (Å²) in [6.45, 7) is 0.405. The van der Waals surface area contributed by atoms with E-state index in [1.165, 1.54) is 0 Å². The minimum Gasteiger partial charge on any atom is -0.483 e. The first-order valence-corrected chi connectivity index (χ1v) is 12.4. The number of carbonyl (C=O) groups excluding carboxylic acids is 1. The van der Waals surface area contributed by atoms with E-state index in [2.05, 4.69) is 20.6 Å². The first-order valence-electron chi connectivity index (χ1n) is 10.5. The number of nitrogens with zero attached hydrogens (tertiary/aromatic N) is 2. The molecule has 1 aromatic heterocycles. The Bertz CT molecular complexity index is 1030. The third-order valence-electron chi connectivity index (χ3n) is 5.37. The monoisotopic (exact) mass is 510 g/mol. The second kappa shape index (κ2) is 8.41. The van der Waals surface area contributed by atoms with Crippen molar-refractivity contribution in [2.24, 2.45) is 0 Å². The van der Waals surface area contributed by atoms with Crippen LogP contribution in [0.2, 0.25) is 0 Å². The third-order valence-corrected chi connectivity index (χ3v) is 6.51. The summed E-state index contributed by atoms with van der Waals surface area (Å²) < 4.78 is 82.6. The molecule has 0 atom stereocenters. The van der Waals surface area contributed by atoms with Gasteiger partial charge in [0.05, 0.1) is 18.9 Å². The molecule has 2 amide bonds. The molecule has 1 saturated heterocycles. The Labute approximate surface area is 191 Å². The lowest BCUT2D eigenvalue weighted by molar-refractivity contribution is -0.0794. The number of nitrogens with one attached hydrogen (secondary N) is 2. The van der Waals surface area contributed by atoms with E-state index in [1.54, 1.807) is 18.5 Å². The zero-order valence-corrected chi connectivity index (χ0v) is 18.6. The van der Waals surface area contributed by atoms with Crippen LogP contribution >= 0.6 is 10.2 Å². The van der Waals surface area contributed by atoms with Gasteiger partial charge in [0.1, 0.15) is 22.9 Å². The standard InChI is InChI=1S/C20H23F5N4O4S/c21-34(22,23,24,25)16-6-7-18(32-15-11-31-12-15)17(10-16)29-19(30)28-13-2-4-14(5-3-13)33-20-26-8-1-9-27-20/h1,6-10,13-15H,2-5,11-12H2,(H2,28,29,30)/t13-,14-. The van der Waals surface area contributed by atoms with Gasteiger partial charge in [-0.2, -0.15) is 0 Å². The van der Waals surface area contributed by atoms with E-state index in [1.807, 2.05) is 0 Å². The second-order valence-electron chi connectivity index (χ2n) is 8.13. The number of carbonyl (C=O) groups is 1. The van der Waals surface area contributed by atoms with Crippen molar-refractivity contribution in [1.29, 1.82) is 0 Å².